The fourth-order valence-corrected chi connectivity index (χ4v) is 7.29. The first-order valence-corrected chi connectivity index (χ1v) is 10.6. The van der Waals surface area contributed by atoms with Crippen molar-refractivity contribution < 1.29 is 14.4 Å². The van der Waals surface area contributed by atoms with Gasteiger partial charge in [0.2, 0.25) is 0 Å². The third kappa shape index (κ3) is 2.57. The van der Waals surface area contributed by atoms with E-state index in [9.17, 15) is 14.4 Å². The number of ketones is 3. The van der Waals surface area contributed by atoms with Gasteiger partial charge in [-0.2, -0.15) is 0 Å². The fraction of sp³-hybridized carbons (Fsp3) is 0.708. The van der Waals surface area contributed by atoms with Crippen molar-refractivity contribution in [2.75, 3.05) is 0 Å². The number of hydrogen-bond donors (Lipinski definition) is 0. The Hall–Kier alpha value is -1.51. The van der Waals surface area contributed by atoms with Crippen molar-refractivity contribution in [3.05, 3.63) is 23.8 Å². The van der Waals surface area contributed by atoms with Crippen LogP contribution in [0.25, 0.3) is 0 Å². The molecule has 0 bridgehead atoms. The molecule has 0 N–H and O–H groups in total. The first-order valence-electron chi connectivity index (χ1n) is 10.6. The predicted molar refractivity (Wildman–Crippen MR) is 105 cm³/mol. The van der Waals surface area contributed by atoms with Crippen molar-refractivity contribution >= 4 is 17.3 Å². The third-order valence-electron chi connectivity index (χ3n) is 8.72. The summed E-state index contributed by atoms with van der Waals surface area (Å²) in [5.74, 6) is 0.734. The quantitative estimate of drug-likeness (QED) is 0.678. The Labute approximate surface area is 162 Å². The fourth-order valence-electron chi connectivity index (χ4n) is 7.29. The molecule has 0 aliphatic heterocycles. The van der Waals surface area contributed by atoms with Crippen LogP contribution in [0.3, 0.4) is 0 Å². The molecule has 0 radical (unpaired) electrons. The maximum Gasteiger partial charge on any atom is 0.140 e. The van der Waals surface area contributed by atoms with Crippen molar-refractivity contribution in [3.8, 4) is 0 Å². The average Bonchev–Trinajstić information content (AvgIpc) is 2.90. The maximum absolute atomic E-state index is 12.8. The van der Waals surface area contributed by atoms with Gasteiger partial charge in [0.1, 0.15) is 17.3 Å². The van der Waals surface area contributed by atoms with Crippen LogP contribution < -0.4 is 0 Å². The van der Waals surface area contributed by atoms with E-state index in [-0.39, 0.29) is 34.2 Å². The molecular weight excluding hydrogens is 336 g/mol. The lowest BCUT2D eigenvalue weighted by Crippen LogP contribution is -2.54. The summed E-state index contributed by atoms with van der Waals surface area (Å²) in [6, 6.07) is 0. The van der Waals surface area contributed by atoms with Crippen LogP contribution in [0.1, 0.15) is 66.2 Å². The molecule has 0 aromatic heterocycles. The van der Waals surface area contributed by atoms with Gasteiger partial charge in [-0.3, -0.25) is 14.4 Å². The van der Waals surface area contributed by atoms with Crippen LogP contribution in [0.2, 0.25) is 0 Å². The van der Waals surface area contributed by atoms with Crippen LogP contribution in [0, 0.1) is 40.4 Å². The van der Waals surface area contributed by atoms with Crippen molar-refractivity contribution in [3.63, 3.8) is 0 Å². The van der Waals surface area contributed by atoms with E-state index in [0.717, 1.165) is 32.1 Å². The van der Waals surface area contributed by atoms with E-state index in [1.165, 1.54) is 5.57 Å². The van der Waals surface area contributed by atoms with Gasteiger partial charge in [-0.15, -0.1) is 0 Å². The SMILES string of the molecule is CC(=O)C(C(C)=O)C1C=C2C=CCCC2(C)C2CCC3(C)C(=O)CCC3C12. The highest BCUT2D eigenvalue weighted by atomic mass is 16.1. The molecule has 4 aliphatic carbocycles. The lowest BCUT2D eigenvalue weighted by atomic mass is 9.45. The van der Waals surface area contributed by atoms with Crippen molar-refractivity contribution in [1.82, 2.24) is 0 Å². The second kappa shape index (κ2) is 6.25. The highest BCUT2D eigenvalue weighted by Gasteiger charge is 2.61. The van der Waals surface area contributed by atoms with E-state index >= 15 is 0 Å². The van der Waals surface area contributed by atoms with Crippen LogP contribution in [-0.4, -0.2) is 17.3 Å². The maximum atomic E-state index is 12.8. The molecule has 0 spiro atoms. The predicted octanol–water partition coefficient (Wildman–Crippen LogP) is 4.70. The van der Waals surface area contributed by atoms with Crippen LogP contribution in [-0.2, 0) is 14.4 Å². The molecule has 6 unspecified atom stereocenters. The van der Waals surface area contributed by atoms with Gasteiger partial charge in [0.15, 0.2) is 0 Å². The lowest BCUT2D eigenvalue weighted by molar-refractivity contribution is -0.139. The number of rotatable bonds is 3. The summed E-state index contributed by atoms with van der Waals surface area (Å²) in [5.41, 5.74) is 1.17. The zero-order valence-electron chi connectivity index (χ0n) is 17.1. The first-order chi connectivity index (χ1) is 12.7. The summed E-state index contributed by atoms with van der Waals surface area (Å²) in [5, 5.41) is 0. The molecule has 3 heteroatoms. The molecule has 0 amide bonds. The van der Waals surface area contributed by atoms with Gasteiger partial charge in [0.25, 0.3) is 0 Å². The molecule has 27 heavy (non-hydrogen) atoms. The topological polar surface area (TPSA) is 51.2 Å². The summed E-state index contributed by atoms with van der Waals surface area (Å²) in [7, 11) is 0. The molecule has 3 nitrogen and oxygen atoms in total. The summed E-state index contributed by atoms with van der Waals surface area (Å²) in [4.78, 5) is 37.8. The van der Waals surface area contributed by atoms with E-state index in [1.54, 1.807) is 13.8 Å². The number of carbonyl (C=O) groups excluding carboxylic acids is 3. The number of fused-ring (bicyclic) bond motifs is 5. The second-order valence-electron chi connectivity index (χ2n) is 9.97. The van der Waals surface area contributed by atoms with Crippen LogP contribution >= 0.6 is 0 Å². The Morgan fingerprint density at radius 1 is 1.04 bits per heavy atom. The van der Waals surface area contributed by atoms with Crippen molar-refractivity contribution in [1.29, 1.82) is 0 Å². The van der Waals surface area contributed by atoms with Gasteiger partial charge >= 0.3 is 0 Å². The minimum atomic E-state index is -0.567. The monoisotopic (exact) mass is 368 g/mol. The minimum absolute atomic E-state index is 0.0249. The number of allylic oxidation sites excluding steroid dienone is 4. The molecule has 4 aliphatic rings. The van der Waals surface area contributed by atoms with Crippen molar-refractivity contribution in [2.45, 2.75) is 66.2 Å². The molecule has 146 valence electrons. The second-order valence-corrected chi connectivity index (χ2v) is 9.97. The Morgan fingerprint density at radius 3 is 2.37 bits per heavy atom. The largest absolute Gasteiger partial charge is 0.299 e. The van der Waals surface area contributed by atoms with Crippen molar-refractivity contribution in [2.24, 2.45) is 40.4 Å². The normalized spacial score (nSPS) is 43.0. The Kier molecular flexibility index (Phi) is 4.36. The van der Waals surface area contributed by atoms with E-state index < -0.39 is 5.92 Å². The molecule has 6 atom stereocenters. The smallest absolute Gasteiger partial charge is 0.140 e. The summed E-state index contributed by atoms with van der Waals surface area (Å²) < 4.78 is 0. The van der Waals surface area contributed by atoms with Gasteiger partial charge in [0, 0.05) is 11.8 Å². The van der Waals surface area contributed by atoms with Gasteiger partial charge in [0.05, 0.1) is 5.92 Å². The Balaban J connectivity index is 1.88. The molecule has 0 saturated heterocycles. The molecule has 0 aromatic carbocycles. The van der Waals surface area contributed by atoms with E-state index in [2.05, 4.69) is 32.1 Å². The minimum Gasteiger partial charge on any atom is -0.299 e. The highest BCUT2D eigenvalue weighted by Crippen LogP contribution is 2.65. The lowest BCUT2D eigenvalue weighted by Gasteiger charge is -2.58. The Bertz CT molecular complexity index is 746. The molecule has 0 heterocycles. The van der Waals surface area contributed by atoms with Crippen LogP contribution in [0.5, 0.6) is 0 Å². The van der Waals surface area contributed by atoms with Crippen LogP contribution in [0.4, 0.5) is 0 Å². The Morgan fingerprint density at radius 2 is 1.70 bits per heavy atom. The summed E-state index contributed by atoms with van der Waals surface area (Å²) >= 11 is 0. The first kappa shape index (κ1) is 18.8. The standard InChI is InChI=1S/C24H32O3/c1-14(25)21(15(2)26)17-13-16-7-5-6-11-23(16,3)19-10-12-24(4)18(22(17)19)8-9-20(24)27/h5,7,13,17-19,21-22H,6,8-12H2,1-4H3. The van der Waals surface area contributed by atoms with Crippen LogP contribution in [0.15, 0.2) is 23.8 Å². The van der Waals surface area contributed by atoms with E-state index in [1.807, 2.05) is 0 Å². The van der Waals surface area contributed by atoms with Gasteiger partial charge in [-0.1, -0.05) is 32.1 Å². The zero-order valence-corrected chi connectivity index (χ0v) is 17.1. The molecule has 2 fully saturated rings. The number of carbonyl (C=O) groups is 3. The summed E-state index contributed by atoms with van der Waals surface area (Å²) in [6.45, 7) is 7.66. The molecule has 4 rings (SSSR count). The van der Waals surface area contributed by atoms with Gasteiger partial charge < -0.3 is 0 Å². The third-order valence-corrected chi connectivity index (χ3v) is 8.72. The number of hydrogen-bond acceptors (Lipinski definition) is 3. The molecule has 0 aromatic rings. The zero-order chi connectivity index (χ0) is 19.6. The van der Waals surface area contributed by atoms with E-state index in [0.29, 0.717) is 24.0 Å². The van der Waals surface area contributed by atoms with Gasteiger partial charge in [-0.05, 0) is 80.6 Å². The molecule has 2 saturated carbocycles. The van der Waals surface area contributed by atoms with E-state index in [4.69, 9.17) is 0 Å². The number of Topliss-reactive ketones (excluding diaryl/α,β-unsaturated/α-hetero) is 3. The average molecular weight is 369 g/mol. The summed E-state index contributed by atoms with van der Waals surface area (Å²) in [6.07, 6.45) is 12.5. The highest BCUT2D eigenvalue weighted by molar-refractivity contribution is 6.01. The molecular formula is C24H32O3. The van der Waals surface area contributed by atoms with Gasteiger partial charge in [-0.25, -0.2) is 0 Å².